The minimum Gasteiger partial charge on any atom is -0.497 e. The smallest absolute Gasteiger partial charge is 0.239 e. The molecule has 0 saturated carbocycles. The summed E-state index contributed by atoms with van der Waals surface area (Å²) in [6.07, 6.45) is 4.33. The Bertz CT molecular complexity index is 561. The number of anilines is 1. The van der Waals surface area contributed by atoms with Gasteiger partial charge in [0.15, 0.2) is 0 Å². The van der Waals surface area contributed by atoms with E-state index in [1.54, 1.807) is 39.2 Å². The molecule has 1 N–H and O–H groups in total. The second-order valence-electron chi connectivity index (χ2n) is 6.52. The highest BCUT2D eigenvalue weighted by Gasteiger charge is 2.39. The van der Waals surface area contributed by atoms with Gasteiger partial charge in [-0.2, -0.15) is 0 Å². The average Bonchev–Trinajstić information content (AvgIpc) is 2.83. The standard InChI is InChI=1S/C18H26N2O3/c1-18(2,17(22)20-11-6-4-5-7-12-20)16(21)19-14-9-8-10-15(13-14)23-3/h8-10,13H,4-7,11-12H2,1-3H3,(H,19,21). The van der Waals surface area contributed by atoms with E-state index < -0.39 is 5.41 Å². The summed E-state index contributed by atoms with van der Waals surface area (Å²) in [6, 6.07) is 7.14. The predicted octanol–water partition coefficient (Wildman–Crippen LogP) is 3.06. The van der Waals surface area contributed by atoms with Crippen molar-refractivity contribution in [2.45, 2.75) is 39.5 Å². The number of methoxy groups -OCH3 is 1. The third-order valence-electron chi connectivity index (χ3n) is 4.32. The van der Waals surface area contributed by atoms with Crippen molar-refractivity contribution in [3.05, 3.63) is 24.3 Å². The fourth-order valence-electron chi connectivity index (χ4n) is 2.75. The fraction of sp³-hybridized carbons (Fsp3) is 0.556. The lowest BCUT2D eigenvalue weighted by Gasteiger charge is -2.30. The molecule has 1 aromatic rings. The molecular weight excluding hydrogens is 292 g/mol. The Balaban J connectivity index is 2.07. The molecule has 0 bridgehead atoms. The first-order valence-electron chi connectivity index (χ1n) is 8.20. The van der Waals surface area contributed by atoms with E-state index in [2.05, 4.69) is 5.32 Å². The largest absolute Gasteiger partial charge is 0.497 e. The Morgan fingerprint density at radius 2 is 1.78 bits per heavy atom. The molecule has 0 atom stereocenters. The lowest BCUT2D eigenvalue weighted by atomic mass is 9.90. The lowest BCUT2D eigenvalue weighted by Crippen LogP contribution is -2.47. The predicted molar refractivity (Wildman–Crippen MR) is 90.5 cm³/mol. The summed E-state index contributed by atoms with van der Waals surface area (Å²) in [5, 5.41) is 2.83. The number of likely N-dealkylation sites (tertiary alicyclic amines) is 1. The van der Waals surface area contributed by atoms with Crippen molar-refractivity contribution < 1.29 is 14.3 Å². The van der Waals surface area contributed by atoms with Crippen LogP contribution in [0.2, 0.25) is 0 Å². The van der Waals surface area contributed by atoms with Gasteiger partial charge >= 0.3 is 0 Å². The van der Waals surface area contributed by atoms with E-state index in [0.29, 0.717) is 11.4 Å². The molecule has 1 heterocycles. The van der Waals surface area contributed by atoms with E-state index in [1.165, 1.54) is 0 Å². The molecule has 1 aliphatic heterocycles. The zero-order valence-electron chi connectivity index (χ0n) is 14.2. The summed E-state index contributed by atoms with van der Waals surface area (Å²) in [5.41, 5.74) is -0.459. The van der Waals surface area contributed by atoms with E-state index in [9.17, 15) is 9.59 Å². The number of nitrogens with one attached hydrogen (secondary N) is 1. The number of nitrogens with zero attached hydrogens (tertiary/aromatic N) is 1. The van der Waals surface area contributed by atoms with Gasteiger partial charge in [0.25, 0.3) is 0 Å². The average molecular weight is 318 g/mol. The van der Waals surface area contributed by atoms with Gasteiger partial charge in [-0.25, -0.2) is 0 Å². The second kappa shape index (κ2) is 7.49. The number of rotatable bonds is 4. The maximum absolute atomic E-state index is 12.8. The molecule has 2 amide bonds. The van der Waals surface area contributed by atoms with Gasteiger partial charge in [-0.05, 0) is 38.8 Å². The first-order chi connectivity index (χ1) is 10.9. The molecule has 1 aliphatic rings. The van der Waals surface area contributed by atoms with Crippen molar-refractivity contribution in [3.63, 3.8) is 0 Å². The molecule has 5 heteroatoms. The highest BCUT2D eigenvalue weighted by molar-refractivity contribution is 6.09. The summed E-state index contributed by atoms with van der Waals surface area (Å²) in [7, 11) is 1.58. The minimum atomic E-state index is -1.09. The molecule has 126 valence electrons. The van der Waals surface area contributed by atoms with E-state index in [4.69, 9.17) is 4.74 Å². The van der Waals surface area contributed by atoms with Crippen LogP contribution in [-0.2, 0) is 9.59 Å². The maximum Gasteiger partial charge on any atom is 0.239 e. The SMILES string of the molecule is COc1cccc(NC(=O)C(C)(C)C(=O)N2CCCCCC2)c1. The van der Waals surface area contributed by atoms with Gasteiger partial charge in [0.1, 0.15) is 11.2 Å². The zero-order valence-corrected chi connectivity index (χ0v) is 14.2. The van der Waals surface area contributed by atoms with Crippen LogP contribution in [0.15, 0.2) is 24.3 Å². The molecule has 0 aromatic heterocycles. The molecule has 0 aliphatic carbocycles. The van der Waals surface area contributed by atoms with Crippen LogP contribution >= 0.6 is 0 Å². The highest BCUT2D eigenvalue weighted by atomic mass is 16.5. The first-order valence-corrected chi connectivity index (χ1v) is 8.20. The summed E-state index contributed by atoms with van der Waals surface area (Å²) in [5.74, 6) is 0.277. The summed E-state index contributed by atoms with van der Waals surface area (Å²) < 4.78 is 5.15. The Kier molecular flexibility index (Phi) is 5.64. The first kappa shape index (κ1) is 17.3. The van der Waals surface area contributed by atoms with Gasteiger partial charge < -0.3 is 15.0 Å². The Labute approximate surface area is 138 Å². The molecule has 0 unspecified atom stereocenters. The van der Waals surface area contributed by atoms with Gasteiger partial charge in [-0.3, -0.25) is 9.59 Å². The van der Waals surface area contributed by atoms with Gasteiger partial charge in [0.2, 0.25) is 11.8 Å². The van der Waals surface area contributed by atoms with Crippen molar-refractivity contribution in [1.29, 1.82) is 0 Å². The molecule has 5 nitrogen and oxygen atoms in total. The van der Waals surface area contributed by atoms with Crippen LogP contribution < -0.4 is 10.1 Å². The number of carbonyl (C=O) groups is 2. The summed E-state index contributed by atoms with van der Waals surface area (Å²) in [6.45, 7) is 4.87. The van der Waals surface area contributed by atoms with Crippen LogP contribution in [0.4, 0.5) is 5.69 Å². The number of amides is 2. The lowest BCUT2D eigenvalue weighted by molar-refractivity contribution is -0.146. The molecule has 2 rings (SSSR count). The monoisotopic (exact) mass is 318 g/mol. The third-order valence-corrected chi connectivity index (χ3v) is 4.32. The Hall–Kier alpha value is -2.04. The zero-order chi connectivity index (χ0) is 16.9. The number of carbonyl (C=O) groups excluding carboxylic acids is 2. The molecule has 0 spiro atoms. The molecule has 0 radical (unpaired) electrons. The van der Waals surface area contributed by atoms with E-state index in [-0.39, 0.29) is 11.8 Å². The van der Waals surface area contributed by atoms with Gasteiger partial charge in [0.05, 0.1) is 7.11 Å². The minimum absolute atomic E-state index is 0.0974. The van der Waals surface area contributed by atoms with Crippen molar-refractivity contribution >= 4 is 17.5 Å². The second-order valence-corrected chi connectivity index (χ2v) is 6.52. The molecule has 23 heavy (non-hydrogen) atoms. The van der Waals surface area contributed by atoms with Crippen LogP contribution in [-0.4, -0.2) is 36.9 Å². The van der Waals surface area contributed by atoms with Gasteiger partial charge in [-0.1, -0.05) is 18.9 Å². The van der Waals surface area contributed by atoms with Crippen molar-refractivity contribution in [1.82, 2.24) is 4.90 Å². The Morgan fingerprint density at radius 3 is 2.39 bits per heavy atom. The van der Waals surface area contributed by atoms with Gasteiger partial charge in [0, 0.05) is 24.8 Å². The third kappa shape index (κ3) is 4.24. The summed E-state index contributed by atoms with van der Waals surface area (Å²) in [4.78, 5) is 27.2. The normalized spacial score (nSPS) is 15.7. The molecule has 1 aromatic carbocycles. The quantitative estimate of drug-likeness (QED) is 0.868. The van der Waals surface area contributed by atoms with Crippen LogP contribution in [0.1, 0.15) is 39.5 Å². The molecule has 1 fully saturated rings. The van der Waals surface area contributed by atoms with E-state index in [1.807, 2.05) is 11.0 Å². The van der Waals surface area contributed by atoms with Crippen LogP contribution in [0.3, 0.4) is 0 Å². The highest BCUT2D eigenvalue weighted by Crippen LogP contribution is 2.25. The Morgan fingerprint density at radius 1 is 1.13 bits per heavy atom. The van der Waals surface area contributed by atoms with Crippen molar-refractivity contribution in [2.75, 3.05) is 25.5 Å². The topological polar surface area (TPSA) is 58.6 Å². The number of hydrogen-bond acceptors (Lipinski definition) is 3. The fourth-order valence-corrected chi connectivity index (χ4v) is 2.75. The van der Waals surface area contributed by atoms with E-state index >= 15 is 0 Å². The maximum atomic E-state index is 12.8. The van der Waals surface area contributed by atoms with Gasteiger partial charge in [-0.15, -0.1) is 0 Å². The van der Waals surface area contributed by atoms with Crippen molar-refractivity contribution in [3.8, 4) is 5.75 Å². The summed E-state index contributed by atoms with van der Waals surface area (Å²) >= 11 is 0. The van der Waals surface area contributed by atoms with E-state index in [0.717, 1.165) is 38.8 Å². The molecular formula is C18H26N2O3. The number of hydrogen-bond donors (Lipinski definition) is 1. The van der Waals surface area contributed by atoms with Crippen LogP contribution in [0.5, 0.6) is 5.75 Å². The number of ether oxygens (including phenoxy) is 1. The van der Waals surface area contributed by atoms with Crippen LogP contribution in [0, 0.1) is 5.41 Å². The van der Waals surface area contributed by atoms with Crippen LogP contribution in [0.25, 0.3) is 0 Å². The number of benzene rings is 1. The van der Waals surface area contributed by atoms with Crippen molar-refractivity contribution in [2.24, 2.45) is 5.41 Å². The molecule has 1 saturated heterocycles.